The lowest BCUT2D eigenvalue weighted by molar-refractivity contribution is 0.601. The smallest absolute Gasteiger partial charge is 0.00204 e. The Balaban J connectivity index is 2.05. The number of hydrogen-bond donors (Lipinski definition) is 0. The van der Waals surface area contributed by atoms with Crippen molar-refractivity contribution in [3.63, 3.8) is 0 Å². The molecule has 0 aromatic heterocycles. The predicted octanol–water partition coefficient (Wildman–Crippen LogP) is 8.42. The Bertz CT molecular complexity index is 1320. The molecule has 0 spiro atoms. The van der Waals surface area contributed by atoms with E-state index in [1.165, 1.54) is 54.6 Å². The van der Waals surface area contributed by atoms with Crippen molar-refractivity contribution < 1.29 is 0 Å². The number of fused-ring (bicyclic) bond motifs is 3. The molecule has 0 atom stereocenters. The third-order valence-electron chi connectivity index (χ3n) is 6.09. The third-order valence-corrected chi connectivity index (χ3v) is 6.09. The van der Waals surface area contributed by atoms with Crippen molar-refractivity contribution in [2.24, 2.45) is 0 Å². The summed E-state index contributed by atoms with van der Waals surface area (Å²) in [5, 5.41) is 8.05. The first-order chi connectivity index (χ1) is 14.0. The lowest BCUT2D eigenvalue weighted by Gasteiger charge is -2.26. The average Bonchev–Trinajstić information content (AvgIpc) is 2.72. The zero-order chi connectivity index (χ0) is 20.2. The molecule has 0 heterocycles. The van der Waals surface area contributed by atoms with E-state index in [1.54, 1.807) is 0 Å². The van der Waals surface area contributed by atoms with Crippen molar-refractivity contribution in [2.75, 3.05) is 0 Å². The van der Waals surface area contributed by atoms with Gasteiger partial charge in [-0.15, -0.1) is 0 Å². The van der Waals surface area contributed by atoms with Crippen LogP contribution in [0.15, 0.2) is 84.9 Å². The Morgan fingerprint density at radius 1 is 0.483 bits per heavy atom. The van der Waals surface area contributed by atoms with Crippen molar-refractivity contribution in [1.29, 1.82) is 0 Å². The topological polar surface area (TPSA) is 0 Å². The van der Waals surface area contributed by atoms with Gasteiger partial charge in [-0.3, -0.25) is 0 Å². The lowest BCUT2D eigenvalue weighted by Crippen LogP contribution is -2.13. The Morgan fingerprint density at radius 3 is 1.45 bits per heavy atom. The predicted molar refractivity (Wildman–Crippen MR) is 128 cm³/mol. The summed E-state index contributed by atoms with van der Waals surface area (Å²) < 4.78 is 0. The molecule has 5 aromatic carbocycles. The normalized spacial score (nSPS) is 12.1. The van der Waals surface area contributed by atoms with Crippen LogP contribution in [0.25, 0.3) is 43.4 Å². The summed E-state index contributed by atoms with van der Waals surface area (Å²) in [7, 11) is 0. The highest BCUT2D eigenvalue weighted by Crippen LogP contribution is 2.45. The van der Waals surface area contributed by atoms with Crippen molar-refractivity contribution in [3.05, 3.63) is 96.1 Å². The number of rotatable bonds is 1. The molecule has 0 unspecified atom stereocenters. The number of benzene rings is 5. The van der Waals surface area contributed by atoms with Crippen LogP contribution in [0.1, 0.15) is 31.9 Å². The van der Waals surface area contributed by atoms with Crippen LogP contribution in [-0.4, -0.2) is 0 Å². The summed E-state index contributed by atoms with van der Waals surface area (Å²) >= 11 is 0. The molecule has 0 fully saturated rings. The van der Waals surface area contributed by atoms with Crippen molar-refractivity contribution in [3.8, 4) is 11.1 Å². The van der Waals surface area contributed by atoms with Crippen LogP contribution in [0, 0.1) is 6.92 Å². The molecule has 0 aliphatic rings. The van der Waals surface area contributed by atoms with Gasteiger partial charge in [0, 0.05) is 0 Å². The van der Waals surface area contributed by atoms with Crippen molar-refractivity contribution in [1.82, 2.24) is 0 Å². The van der Waals surface area contributed by atoms with Gasteiger partial charge < -0.3 is 0 Å². The standard InChI is InChI=1S/C29H26/c1-19-17-18-24(21-12-6-5-11-20(19)21)27-22-13-7-9-15-25(22)28(29(2,3)4)26-16-10-8-14-23(26)27/h5-18H,1-4H3. The fourth-order valence-electron chi connectivity index (χ4n) is 4.89. The summed E-state index contributed by atoms with van der Waals surface area (Å²) in [6.45, 7) is 9.16. The average molecular weight is 375 g/mol. The quantitative estimate of drug-likeness (QED) is 0.258. The Labute approximate surface area is 172 Å². The van der Waals surface area contributed by atoms with Gasteiger partial charge >= 0.3 is 0 Å². The fourth-order valence-corrected chi connectivity index (χ4v) is 4.89. The van der Waals surface area contributed by atoms with E-state index in [9.17, 15) is 0 Å². The Hall–Kier alpha value is -3.12. The molecular weight excluding hydrogens is 348 g/mol. The van der Waals surface area contributed by atoms with E-state index in [0.29, 0.717) is 0 Å². The zero-order valence-electron chi connectivity index (χ0n) is 17.6. The molecule has 5 rings (SSSR count). The summed E-state index contributed by atoms with van der Waals surface area (Å²) in [5.74, 6) is 0. The minimum atomic E-state index is 0.0626. The lowest BCUT2D eigenvalue weighted by atomic mass is 9.77. The summed E-state index contributed by atoms with van der Waals surface area (Å²) in [4.78, 5) is 0. The van der Waals surface area contributed by atoms with Crippen LogP contribution in [0.4, 0.5) is 0 Å². The maximum absolute atomic E-state index is 2.32. The first-order valence-corrected chi connectivity index (χ1v) is 10.4. The maximum Gasteiger partial charge on any atom is -0.00204 e. The Kier molecular flexibility index (Phi) is 3.99. The van der Waals surface area contributed by atoms with E-state index in [0.717, 1.165) is 0 Å². The molecule has 0 saturated heterocycles. The van der Waals surface area contributed by atoms with Crippen LogP contribution in [0.3, 0.4) is 0 Å². The van der Waals surface area contributed by atoms with Gasteiger partial charge in [0.15, 0.2) is 0 Å². The largest absolute Gasteiger partial charge is 0.0616 e. The molecule has 0 N–H and O–H groups in total. The SMILES string of the molecule is Cc1ccc(-c2c3ccccc3c(C(C)(C)C)c3ccccc23)c2ccccc12. The zero-order valence-corrected chi connectivity index (χ0v) is 17.6. The van der Waals surface area contributed by atoms with E-state index in [-0.39, 0.29) is 5.41 Å². The molecule has 0 aliphatic carbocycles. The van der Waals surface area contributed by atoms with E-state index in [4.69, 9.17) is 0 Å². The van der Waals surface area contributed by atoms with E-state index >= 15 is 0 Å². The molecule has 0 amide bonds. The second kappa shape index (κ2) is 6.46. The van der Waals surface area contributed by atoms with Gasteiger partial charge in [0.25, 0.3) is 0 Å². The molecule has 142 valence electrons. The summed E-state index contributed by atoms with van der Waals surface area (Å²) in [6.07, 6.45) is 0. The maximum atomic E-state index is 2.32. The van der Waals surface area contributed by atoms with E-state index < -0.39 is 0 Å². The van der Waals surface area contributed by atoms with Gasteiger partial charge in [-0.25, -0.2) is 0 Å². The monoisotopic (exact) mass is 374 g/mol. The first-order valence-electron chi connectivity index (χ1n) is 10.4. The van der Waals surface area contributed by atoms with Gasteiger partial charge in [0.2, 0.25) is 0 Å². The van der Waals surface area contributed by atoms with Gasteiger partial charge in [-0.1, -0.05) is 106 Å². The highest BCUT2D eigenvalue weighted by atomic mass is 14.3. The molecule has 0 radical (unpaired) electrons. The Morgan fingerprint density at radius 2 is 0.931 bits per heavy atom. The molecule has 0 saturated carbocycles. The summed E-state index contributed by atoms with van der Waals surface area (Å²) in [6, 6.07) is 31.2. The minimum Gasteiger partial charge on any atom is -0.0616 e. The number of hydrogen-bond acceptors (Lipinski definition) is 0. The van der Waals surface area contributed by atoms with Crippen LogP contribution in [0.5, 0.6) is 0 Å². The third kappa shape index (κ3) is 2.75. The van der Waals surface area contributed by atoms with Gasteiger partial charge in [0.1, 0.15) is 0 Å². The molecule has 0 bridgehead atoms. The first kappa shape index (κ1) is 17.9. The summed E-state index contributed by atoms with van der Waals surface area (Å²) in [5.41, 5.74) is 5.49. The molecule has 0 heteroatoms. The fraction of sp³-hybridized carbons (Fsp3) is 0.172. The van der Waals surface area contributed by atoms with Crippen LogP contribution in [0.2, 0.25) is 0 Å². The van der Waals surface area contributed by atoms with Crippen molar-refractivity contribution in [2.45, 2.75) is 33.1 Å². The molecule has 0 nitrogen and oxygen atoms in total. The van der Waals surface area contributed by atoms with Gasteiger partial charge in [-0.2, -0.15) is 0 Å². The van der Waals surface area contributed by atoms with Crippen LogP contribution >= 0.6 is 0 Å². The highest BCUT2D eigenvalue weighted by Gasteiger charge is 2.23. The molecule has 0 aliphatic heterocycles. The molecular formula is C29H26. The number of aryl methyl sites for hydroxylation is 1. The second-order valence-corrected chi connectivity index (χ2v) is 9.07. The van der Waals surface area contributed by atoms with Gasteiger partial charge in [-0.05, 0) is 66.9 Å². The van der Waals surface area contributed by atoms with Gasteiger partial charge in [0.05, 0.1) is 0 Å². The van der Waals surface area contributed by atoms with E-state index in [1.807, 2.05) is 0 Å². The van der Waals surface area contributed by atoms with E-state index in [2.05, 4.69) is 113 Å². The van der Waals surface area contributed by atoms with Crippen LogP contribution < -0.4 is 0 Å². The molecule has 29 heavy (non-hydrogen) atoms. The van der Waals surface area contributed by atoms with Crippen molar-refractivity contribution >= 4 is 32.3 Å². The molecule has 5 aromatic rings. The highest BCUT2D eigenvalue weighted by molar-refractivity contribution is 6.19. The van der Waals surface area contributed by atoms with Crippen LogP contribution in [-0.2, 0) is 5.41 Å². The minimum absolute atomic E-state index is 0.0626. The second-order valence-electron chi connectivity index (χ2n) is 9.07.